The Balaban J connectivity index is 0.00000512. The number of guanidine groups is 1. The predicted octanol–water partition coefficient (Wildman–Crippen LogP) is 3.03. The third-order valence-electron chi connectivity index (χ3n) is 4.46. The van der Waals surface area contributed by atoms with Gasteiger partial charge in [-0.15, -0.1) is 35.7 Å². The number of carbonyl (C=O) groups excluding carboxylic acids is 2. The predicted molar refractivity (Wildman–Crippen MR) is 141 cm³/mol. The summed E-state index contributed by atoms with van der Waals surface area (Å²) in [4.78, 5) is 33.1. The summed E-state index contributed by atoms with van der Waals surface area (Å²) < 4.78 is 5.46. The van der Waals surface area contributed by atoms with E-state index in [0.717, 1.165) is 12.2 Å². The van der Waals surface area contributed by atoms with Gasteiger partial charge in [-0.1, -0.05) is 18.2 Å². The summed E-state index contributed by atoms with van der Waals surface area (Å²) in [6, 6.07) is 10.3. The second-order valence-corrected chi connectivity index (χ2v) is 9.77. The number of likely N-dealkylation sites (tertiary alicyclic amines) is 1. The molecule has 32 heavy (non-hydrogen) atoms. The molecular weight excluding hydrogens is 541 g/mol. The van der Waals surface area contributed by atoms with Crippen LogP contribution < -0.4 is 10.6 Å². The lowest BCUT2D eigenvalue weighted by Crippen LogP contribution is -2.46. The maximum Gasteiger partial charge on any atom is 0.410 e. The van der Waals surface area contributed by atoms with E-state index in [9.17, 15) is 9.59 Å². The molecule has 8 nitrogen and oxygen atoms in total. The van der Waals surface area contributed by atoms with Gasteiger partial charge in [0.15, 0.2) is 5.96 Å². The highest BCUT2D eigenvalue weighted by atomic mass is 127. The Labute approximate surface area is 212 Å². The van der Waals surface area contributed by atoms with Crippen molar-refractivity contribution in [2.24, 2.45) is 4.99 Å². The van der Waals surface area contributed by atoms with Gasteiger partial charge in [0, 0.05) is 50.4 Å². The quantitative estimate of drug-likeness (QED) is 0.171. The van der Waals surface area contributed by atoms with E-state index >= 15 is 0 Å². The molecule has 1 saturated heterocycles. The third-order valence-corrected chi connectivity index (χ3v) is 5.47. The van der Waals surface area contributed by atoms with Crippen LogP contribution in [-0.2, 0) is 9.53 Å². The molecule has 1 heterocycles. The summed E-state index contributed by atoms with van der Waals surface area (Å²) in [6.07, 6.45) is 0.491. The number of ether oxygens (including phenoxy) is 1. The molecule has 1 aromatic carbocycles. The number of benzene rings is 1. The monoisotopic (exact) mass is 577 g/mol. The second kappa shape index (κ2) is 13.8. The van der Waals surface area contributed by atoms with Gasteiger partial charge < -0.3 is 25.2 Å². The summed E-state index contributed by atoms with van der Waals surface area (Å²) >= 11 is 1.75. The lowest BCUT2D eigenvalue weighted by molar-refractivity contribution is -0.127. The Hall–Kier alpha value is -1.69. The second-order valence-electron chi connectivity index (χ2n) is 8.60. The van der Waals surface area contributed by atoms with Crippen molar-refractivity contribution in [2.45, 2.75) is 43.7 Å². The lowest BCUT2D eigenvalue weighted by atomic mass is 10.2. The van der Waals surface area contributed by atoms with Crippen LogP contribution in [0.5, 0.6) is 0 Å². The molecular formula is C22H36IN5O3S. The third kappa shape index (κ3) is 10.8. The van der Waals surface area contributed by atoms with Crippen LogP contribution in [0.3, 0.4) is 0 Å². The molecule has 1 aliphatic rings. The highest BCUT2D eigenvalue weighted by Crippen LogP contribution is 2.16. The maximum atomic E-state index is 12.3. The Morgan fingerprint density at radius 2 is 1.94 bits per heavy atom. The molecule has 0 saturated carbocycles. The van der Waals surface area contributed by atoms with Gasteiger partial charge in [-0.05, 0) is 39.3 Å². The summed E-state index contributed by atoms with van der Waals surface area (Å²) in [7, 11) is 3.43. The minimum atomic E-state index is -0.514. The van der Waals surface area contributed by atoms with Gasteiger partial charge in [-0.3, -0.25) is 4.79 Å². The number of hydrogen-bond donors (Lipinski definition) is 2. The zero-order chi connectivity index (χ0) is 22.9. The summed E-state index contributed by atoms with van der Waals surface area (Å²) in [5, 5.41) is 6.67. The number of carbonyl (C=O) groups is 2. The molecule has 0 bridgehead atoms. The molecule has 1 aromatic rings. The minimum absolute atomic E-state index is 0. The first kappa shape index (κ1) is 28.3. The number of nitrogens with one attached hydrogen (secondary N) is 2. The molecule has 2 rings (SSSR count). The Kier molecular flexibility index (Phi) is 12.2. The lowest BCUT2D eigenvalue weighted by Gasteiger charge is -2.24. The van der Waals surface area contributed by atoms with Crippen LogP contribution in [0.4, 0.5) is 4.79 Å². The molecule has 0 aliphatic carbocycles. The van der Waals surface area contributed by atoms with Crippen molar-refractivity contribution in [1.82, 2.24) is 20.4 Å². The van der Waals surface area contributed by atoms with E-state index < -0.39 is 5.60 Å². The molecule has 10 heteroatoms. The van der Waals surface area contributed by atoms with Crippen LogP contribution in [0.2, 0.25) is 0 Å². The van der Waals surface area contributed by atoms with Gasteiger partial charge in [0.1, 0.15) is 12.1 Å². The molecule has 1 atom stereocenters. The normalized spacial score (nSPS) is 16.2. The van der Waals surface area contributed by atoms with Crippen molar-refractivity contribution in [3.63, 3.8) is 0 Å². The summed E-state index contributed by atoms with van der Waals surface area (Å²) in [5.41, 5.74) is -0.514. The highest BCUT2D eigenvalue weighted by Gasteiger charge is 2.30. The molecule has 180 valence electrons. The fourth-order valence-corrected chi connectivity index (χ4v) is 3.65. The van der Waals surface area contributed by atoms with Gasteiger partial charge in [-0.2, -0.15) is 0 Å². The molecule has 1 aliphatic heterocycles. The average Bonchev–Trinajstić information content (AvgIpc) is 3.17. The van der Waals surface area contributed by atoms with Crippen molar-refractivity contribution in [3.8, 4) is 0 Å². The molecule has 1 unspecified atom stereocenters. The first-order valence-electron chi connectivity index (χ1n) is 10.5. The summed E-state index contributed by atoms with van der Waals surface area (Å²) in [6.45, 7) is 7.51. The van der Waals surface area contributed by atoms with E-state index in [4.69, 9.17) is 4.74 Å². The van der Waals surface area contributed by atoms with Gasteiger partial charge in [0.25, 0.3) is 0 Å². The average molecular weight is 578 g/mol. The zero-order valence-electron chi connectivity index (χ0n) is 19.6. The fraction of sp³-hybridized carbons (Fsp3) is 0.591. The van der Waals surface area contributed by atoms with E-state index in [1.54, 1.807) is 30.8 Å². The topological polar surface area (TPSA) is 86.3 Å². The van der Waals surface area contributed by atoms with Crippen LogP contribution in [0.25, 0.3) is 0 Å². The van der Waals surface area contributed by atoms with E-state index in [1.165, 1.54) is 9.80 Å². The van der Waals surface area contributed by atoms with Gasteiger partial charge in [-0.25, -0.2) is 9.79 Å². The Morgan fingerprint density at radius 3 is 2.56 bits per heavy atom. The number of aliphatic imine (C=N–C) groups is 1. The van der Waals surface area contributed by atoms with Gasteiger partial charge >= 0.3 is 6.09 Å². The van der Waals surface area contributed by atoms with E-state index in [2.05, 4.69) is 27.8 Å². The van der Waals surface area contributed by atoms with Crippen molar-refractivity contribution < 1.29 is 14.3 Å². The van der Waals surface area contributed by atoms with Crippen molar-refractivity contribution >= 4 is 53.7 Å². The fourth-order valence-electron chi connectivity index (χ4n) is 2.86. The molecule has 0 spiro atoms. The van der Waals surface area contributed by atoms with Crippen molar-refractivity contribution in [2.75, 3.05) is 46.0 Å². The Bertz CT molecular complexity index is 756. The van der Waals surface area contributed by atoms with Crippen molar-refractivity contribution in [3.05, 3.63) is 30.3 Å². The zero-order valence-corrected chi connectivity index (χ0v) is 22.7. The van der Waals surface area contributed by atoms with Gasteiger partial charge in [0.05, 0.1) is 0 Å². The van der Waals surface area contributed by atoms with Crippen LogP contribution in [0, 0.1) is 0 Å². The van der Waals surface area contributed by atoms with E-state index in [0.29, 0.717) is 25.6 Å². The standard InChI is InChI=1S/C22H35N5O3S.HI/c1-22(2,3)30-21(29)27-13-11-17(16-27)25-20(24-15-19(28)26(4)5)23-12-14-31-18-9-7-6-8-10-18;/h6-10,17H,11-16H2,1-5H3,(H2,23,24,25);1H. The number of amides is 2. The number of nitrogens with zero attached hydrogens (tertiary/aromatic N) is 3. The molecule has 0 aromatic heterocycles. The number of halogens is 1. The van der Waals surface area contributed by atoms with Crippen LogP contribution in [0.15, 0.2) is 40.2 Å². The van der Waals surface area contributed by atoms with Gasteiger partial charge in [0.2, 0.25) is 5.91 Å². The first-order chi connectivity index (χ1) is 14.6. The SMILES string of the molecule is CN(C)C(=O)CN=C(NCCSc1ccccc1)NC1CCN(C(=O)OC(C)(C)C)C1.I. The van der Waals surface area contributed by atoms with E-state index in [1.807, 2.05) is 39.0 Å². The highest BCUT2D eigenvalue weighted by molar-refractivity contribution is 14.0. The maximum absolute atomic E-state index is 12.3. The smallest absolute Gasteiger partial charge is 0.410 e. The molecule has 1 fully saturated rings. The molecule has 2 amide bonds. The van der Waals surface area contributed by atoms with Crippen LogP contribution >= 0.6 is 35.7 Å². The van der Waals surface area contributed by atoms with Crippen LogP contribution in [0.1, 0.15) is 27.2 Å². The number of likely N-dealkylation sites (N-methyl/N-ethyl adjacent to an activating group) is 1. The summed E-state index contributed by atoms with van der Waals surface area (Å²) in [5.74, 6) is 1.38. The number of hydrogen-bond acceptors (Lipinski definition) is 5. The number of thioether (sulfide) groups is 1. The Morgan fingerprint density at radius 1 is 1.25 bits per heavy atom. The first-order valence-corrected chi connectivity index (χ1v) is 11.5. The van der Waals surface area contributed by atoms with Crippen molar-refractivity contribution in [1.29, 1.82) is 0 Å². The van der Waals surface area contributed by atoms with E-state index in [-0.39, 0.29) is 48.6 Å². The molecule has 0 radical (unpaired) electrons. The number of rotatable bonds is 7. The largest absolute Gasteiger partial charge is 0.444 e. The molecule has 2 N–H and O–H groups in total. The van der Waals surface area contributed by atoms with Crippen LogP contribution in [-0.4, -0.2) is 85.4 Å². The minimum Gasteiger partial charge on any atom is -0.444 e.